The topological polar surface area (TPSA) is 72.5 Å². The first kappa shape index (κ1) is 16.3. The number of para-hydroxylation sites is 1. The van der Waals surface area contributed by atoms with Crippen LogP contribution in [0.4, 0.5) is 0 Å². The minimum absolute atomic E-state index is 0.0202. The van der Waals surface area contributed by atoms with Gasteiger partial charge in [-0.3, -0.25) is 4.79 Å². The van der Waals surface area contributed by atoms with Crippen molar-refractivity contribution in [1.82, 2.24) is 5.32 Å². The first-order valence-corrected chi connectivity index (χ1v) is 10.1. The summed E-state index contributed by atoms with van der Waals surface area (Å²) in [6, 6.07) is 7.26. The zero-order valence-corrected chi connectivity index (χ0v) is 14.0. The summed E-state index contributed by atoms with van der Waals surface area (Å²) in [4.78, 5) is 12.4. The molecule has 5 nitrogen and oxygen atoms in total. The highest BCUT2D eigenvalue weighted by molar-refractivity contribution is 7.91. The van der Waals surface area contributed by atoms with Gasteiger partial charge in [0.25, 0.3) is 5.91 Å². The Balaban J connectivity index is 1.60. The van der Waals surface area contributed by atoms with E-state index in [0.717, 1.165) is 12.8 Å². The molecule has 1 atom stereocenters. The Kier molecular flexibility index (Phi) is 4.90. The van der Waals surface area contributed by atoms with E-state index < -0.39 is 9.84 Å². The molecule has 2 fully saturated rings. The van der Waals surface area contributed by atoms with Gasteiger partial charge in [-0.15, -0.1) is 0 Å². The number of benzene rings is 1. The summed E-state index contributed by atoms with van der Waals surface area (Å²) < 4.78 is 28.9. The zero-order chi connectivity index (χ0) is 16.3. The second-order valence-electron chi connectivity index (χ2n) is 6.50. The van der Waals surface area contributed by atoms with Crippen LogP contribution >= 0.6 is 0 Å². The minimum atomic E-state index is -2.91. The van der Waals surface area contributed by atoms with Crippen LogP contribution in [0.15, 0.2) is 24.3 Å². The first-order chi connectivity index (χ1) is 11.0. The molecule has 1 saturated heterocycles. The number of carbonyl (C=O) groups is 1. The monoisotopic (exact) mass is 337 g/mol. The molecule has 23 heavy (non-hydrogen) atoms. The normalized spacial score (nSPS) is 23.7. The zero-order valence-electron chi connectivity index (χ0n) is 13.2. The number of sulfone groups is 1. The first-order valence-electron chi connectivity index (χ1n) is 8.28. The maximum Gasteiger partial charge on any atom is 0.255 e. The van der Waals surface area contributed by atoms with Gasteiger partial charge in [-0.05, 0) is 50.2 Å². The Hall–Kier alpha value is -1.56. The standard InChI is InChI=1S/C17H23NO4S/c19-17(18-11-13-9-10-23(20,21)12-13)15-7-3-4-8-16(15)22-14-5-1-2-6-14/h3-4,7-8,13-14H,1-2,5-6,9-12H2,(H,18,19)/t13-/m0/s1. The molecule has 126 valence electrons. The second-order valence-corrected chi connectivity index (χ2v) is 8.73. The van der Waals surface area contributed by atoms with Crippen molar-refractivity contribution in [2.75, 3.05) is 18.1 Å². The van der Waals surface area contributed by atoms with Gasteiger partial charge in [0, 0.05) is 6.54 Å². The van der Waals surface area contributed by atoms with Crippen LogP contribution < -0.4 is 10.1 Å². The van der Waals surface area contributed by atoms with Crippen molar-refractivity contribution in [1.29, 1.82) is 0 Å². The predicted molar refractivity (Wildman–Crippen MR) is 88.4 cm³/mol. The number of nitrogens with one attached hydrogen (secondary N) is 1. The molecule has 0 spiro atoms. The highest BCUT2D eigenvalue weighted by Gasteiger charge is 2.28. The summed E-state index contributed by atoms with van der Waals surface area (Å²) in [5, 5.41) is 2.86. The fourth-order valence-corrected chi connectivity index (χ4v) is 5.17. The third kappa shape index (κ3) is 4.25. The van der Waals surface area contributed by atoms with Gasteiger partial charge in [0.15, 0.2) is 9.84 Å². The Labute approximate surface area is 137 Å². The van der Waals surface area contributed by atoms with E-state index in [1.165, 1.54) is 12.8 Å². The number of hydrogen-bond acceptors (Lipinski definition) is 4. The summed E-state index contributed by atoms with van der Waals surface area (Å²) in [6.45, 7) is 0.399. The fraction of sp³-hybridized carbons (Fsp3) is 0.588. The van der Waals surface area contributed by atoms with Crippen LogP contribution in [0.1, 0.15) is 42.5 Å². The van der Waals surface area contributed by atoms with Crippen LogP contribution in [-0.4, -0.2) is 38.5 Å². The van der Waals surface area contributed by atoms with E-state index in [1.807, 2.05) is 18.2 Å². The van der Waals surface area contributed by atoms with Crippen LogP contribution in [0, 0.1) is 5.92 Å². The largest absolute Gasteiger partial charge is 0.490 e. The lowest BCUT2D eigenvalue weighted by Crippen LogP contribution is -2.30. The van der Waals surface area contributed by atoms with Crippen molar-refractivity contribution in [3.05, 3.63) is 29.8 Å². The molecule has 1 aromatic rings. The van der Waals surface area contributed by atoms with Crippen molar-refractivity contribution in [2.45, 2.75) is 38.2 Å². The summed E-state index contributed by atoms with van der Waals surface area (Å²) in [5.74, 6) is 0.855. The van der Waals surface area contributed by atoms with Crippen molar-refractivity contribution in [2.24, 2.45) is 5.92 Å². The van der Waals surface area contributed by atoms with E-state index in [9.17, 15) is 13.2 Å². The highest BCUT2D eigenvalue weighted by atomic mass is 32.2. The molecule has 2 aliphatic rings. The molecule has 3 rings (SSSR count). The molecule has 0 bridgehead atoms. The van der Waals surface area contributed by atoms with Gasteiger partial charge in [0.2, 0.25) is 0 Å². The van der Waals surface area contributed by atoms with Crippen molar-refractivity contribution in [3.8, 4) is 5.75 Å². The van der Waals surface area contributed by atoms with Crippen LogP contribution in [-0.2, 0) is 9.84 Å². The van der Waals surface area contributed by atoms with E-state index in [-0.39, 0.29) is 29.4 Å². The van der Waals surface area contributed by atoms with Gasteiger partial charge in [0.05, 0.1) is 23.2 Å². The Bertz CT molecular complexity index is 665. The maximum absolute atomic E-state index is 12.4. The molecule has 1 saturated carbocycles. The van der Waals surface area contributed by atoms with Crippen LogP contribution in [0.5, 0.6) is 5.75 Å². The maximum atomic E-state index is 12.4. The molecule has 0 unspecified atom stereocenters. The number of hydrogen-bond donors (Lipinski definition) is 1. The van der Waals surface area contributed by atoms with Gasteiger partial charge in [-0.25, -0.2) is 8.42 Å². The summed E-state index contributed by atoms with van der Waals surface area (Å²) in [5.41, 5.74) is 0.528. The molecule has 1 heterocycles. The van der Waals surface area contributed by atoms with Crippen LogP contribution in [0.2, 0.25) is 0 Å². The minimum Gasteiger partial charge on any atom is -0.490 e. The molecular formula is C17H23NO4S. The van der Waals surface area contributed by atoms with Gasteiger partial charge in [0.1, 0.15) is 5.75 Å². The lowest BCUT2D eigenvalue weighted by Gasteiger charge is -2.17. The fourth-order valence-electron chi connectivity index (χ4n) is 3.31. The molecular weight excluding hydrogens is 314 g/mol. The van der Waals surface area contributed by atoms with Crippen LogP contribution in [0.25, 0.3) is 0 Å². The van der Waals surface area contributed by atoms with E-state index in [1.54, 1.807) is 6.07 Å². The molecule has 6 heteroatoms. The highest BCUT2D eigenvalue weighted by Crippen LogP contribution is 2.26. The van der Waals surface area contributed by atoms with Crippen molar-refractivity contribution >= 4 is 15.7 Å². The average Bonchev–Trinajstić information content (AvgIpc) is 3.15. The van der Waals surface area contributed by atoms with Gasteiger partial charge < -0.3 is 10.1 Å². The Morgan fingerprint density at radius 2 is 1.91 bits per heavy atom. The number of carbonyl (C=O) groups excluding carboxylic acids is 1. The number of rotatable bonds is 5. The smallest absolute Gasteiger partial charge is 0.255 e. The lowest BCUT2D eigenvalue weighted by molar-refractivity contribution is 0.0941. The van der Waals surface area contributed by atoms with Gasteiger partial charge in [-0.1, -0.05) is 12.1 Å². The molecule has 0 radical (unpaired) electrons. The quantitative estimate of drug-likeness (QED) is 0.894. The summed E-state index contributed by atoms with van der Waals surface area (Å²) in [6.07, 6.45) is 5.25. The van der Waals surface area contributed by atoms with E-state index >= 15 is 0 Å². The van der Waals surface area contributed by atoms with Crippen molar-refractivity contribution in [3.63, 3.8) is 0 Å². The van der Waals surface area contributed by atoms with E-state index in [4.69, 9.17) is 4.74 Å². The SMILES string of the molecule is O=C(NC[C@@H]1CCS(=O)(=O)C1)c1ccccc1OC1CCCC1. The summed E-state index contributed by atoms with van der Waals surface area (Å²) in [7, 11) is -2.91. The van der Waals surface area contributed by atoms with Gasteiger partial charge in [-0.2, -0.15) is 0 Å². The molecule has 1 aromatic carbocycles. The molecule has 1 N–H and O–H groups in total. The third-order valence-electron chi connectivity index (χ3n) is 4.61. The van der Waals surface area contributed by atoms with E-state index in [2.05, 4.69) is 5.32 Å². The molecule has 0 aromatic heterocycles. The van der Waals surface area contributed by atoms with Gasteiger partial charge >= 0.3 is 0 Å². The number of amides is 1. The molecule has 1 aliphatic carbocycles. The Morgan fingerprint density at radius 3 is 2.61 bits per heavy atom. The number of ether oxygens (including phenoxy) is 1. The predicted octanol–water partition coefficient (Wildman–Crippen LogP) is 2.17. The van der Waals surface area contributed by atoms with Crippen LogP contribution in [0.3, 0.4) is 0 Å². The summed E-state index contributed by atoms with van der Waals surface area (Å²) >= 11 is 0. The average molecular weight is 337 g/mol. The Morgan fingerprint density at radius 1 is 1.17 bits per heavy atom. The molecule has 1 amide bonds. The van der Waals surface area contributed by atoms with Crippen molar-refractivity contribution < 1.29 is 17.9 Å². The molecule has 1 aliphatic heterocycles. The second kappa shape index (κ2) is 6.91. The lowest BCUT2D eigenvalue weighted by atomic mass is 10.1. The van der Waals surface area contributed by atoms with E-state index in [0.29, 0.717) is 24.3 Å². The third-order valence-corrected chi connectivity index (χ3v) is 6.44.